The van der Waals surface area contributed by atoms with Crippen LogP contribution in [0.2, 0.25) is 0 Å². The molecular weight excluding hydrogens is 461 g/mol. The average Bonchev–Trinajstić information content (AvgIpc) is 3.32. The molecule has 3 amide bonds. The monoisotopic (exact) mass is 482 g/mol. The number of amides is 3. The van der Waals surface area contributed by atoms with E-state index in [1.165, 1.54) is 4.90 Å². The normalized spacial score (nSPS) is 17.9. The number of halogens is 3. The lowest BCUT2D eigenvalue weighted by Gasteiger charge is -2.29. The van der Waals surface area contributed by atoms with E-state index < -0.39 is 24.1 Å². The minimum atomic E-state index is -5.08. The van der Waals surface area contributed by atoms with Crippen LogP contribution in [-0.2, 0) is 27.5 Å². The number of aliphatic carboxylic acids is 1. The van der Waals surface area contributed by atoms with Gasteiger partial charge in [-0.2, -0.15) is 13.2 Å². The van der Waals surface area contributed by atoms with Gasteiger partial charge in [0.15, 0.2) is 0 Å². The Morgan fingerprint density at radius 1 is 1.26 bits per heavy atom. The first kappa shape index (κ1) is 24.8. The fourth-order valence-electron chi connectivity index (χ4n) is 3.52. The second-order valence-electron chi connectivity index (χ2n) is 7.94. The van der Waals surface area contributed by atoms with E-state index in [4.69, 9.17) is 9.90 Å². The maximum absolute atomic E-state index is 12.7. The topological polar surface area (TPSA) is 138 Å². The molecule has 1 saturated heterocycles. The zero-order chi connectivity index (χ0) is 25.2. The van der Waals surface area contributed by atoms with Gasteiger partial charge in [0, 0.05) is 25.1 Å². The van der Waals surface area contributed by atoms with E-state index in [0.717, 1.165) is 16.9 Å². The Kier molecular flexibility index (Phi) is 7.00. The summed E-state index contributed by atoms with van der Waals surface area (Å²) >= 11 is 0. The molecule has 14 heteroatoms. The number of benzene rings is 1. The van der Waals surface area contributed by atoms with Gasteiger partial charge in [-0.15, -0.1) is 5.10 Å². The highest BCUT2D eigenvalue weighted by molar-refractivity contribution is 6.05. The summed E-state index contributed by atoms with van der Waals surface area (Å²) in [6.07, 6.45) is -2.62. The van der Waals surface area contributed by atoms with Gasteiger partial charge in [-0.05, 0) is 44.3 Å². The molecule has 34 heavy (non-hydrogen) atoms. The van der Waals surface area contributed by atoms with Crippen molar-refractivity contribution < 1.29 is 37.5 Å². The van der Waals surface area contributed by atoms with Gasteiger partial charge >= 0.3 is 12.1 Å². The molecule has 0 saturated carbocycles. The molecule has 4 rings (SSSR count). The van der Waals surface area contributed by atoms with Gasteiger partial charge in [0.1, 0.15) is 6.04 Å². The van der Waals surface area contributed by atoms with Crippen LogP contribution in [0.15, 0.2) is 24.4 Å². The van der Waals surface area contributed by atoms with Gasteiger partial charge in [-0.1, -0.05) is 5.21 Å². The van der Waals surface area contributed by atoms with Crippen molar-refractivity contribution in [3.8, 4) is 5.69 Å². The highest BCUT2D eigenvalue weighted by Crippen LogP contribution is 2.29. The first-order valence-electron chi connectivity index (χ1n) is 10.0. The highest BCUT2D eigenvalue weighted by atomic mass is 19.4. The van der Waals surface area contributed by atoms with Gasteiger partial charge < -0.3 is 14.9 Å². The molecule has 1 fully saturated rings. The highest BCUT2D eigenvalue weighted by Gasteiger charge is 2.39. The molecule has 0 aliphatic carbocycles. The van der Waals surface area contributed by atoms with E-state index in [0.29, 0.717) is 25.1 Å². The van der Waals surface area contributed by atoms with Crippen molar-refractivity contribution in [1.82, 2.24) is 30.1 Å². The van der Waals surface area contributed by atoms with Crippen LogP contribution in [0.3, 0.4) is 0 Å². The second kappa shape index (κ2) is 9.59. The van der Waals surface area contributed by atoms with Crippen molar-refractivity contribution in [3.63, 3.8) is 0 Å². The summed E-state index contributed by atoms with van der Waals surface area (Å²) < 4.78 is 33.4. The van der Waals surface area contributed by atoms with E-state index in [9.17, 15) is 27.6 Å². The van der Waals surface area contributed by atoms with Crippen molar-refractivity contribution >= 4 is 23.7 Å². The molecule has 1 aromatic heterocycles. The molecule has 2 N–H and O–H groups in total. The van der Waals surface area contributed by atoms with Crippen LogP contribution in [-0.4, -0.2) is 79.9 Å². The van der Waals surface area contributed by atoms with Gasteiger partial charge in [0.05, 0.1) is 17.6 Å². The zero-order valence-electron chi connectivity index (χ0n) is 18.2. The summed E-state index contributed by atoms with van der Waals surface area (Å²) in [7, 11) is 3.92. The number of fused-ring (bicyclic) bond motifs is 1. The minimum Gasteiger partial charge on any atom is -0.475 e. The molecule has 1 atom stereocenters. The first-order chi connectivity index (χ1) is 15.9. The largest absolute Gasteiger partial charge is 0.490 e. The summed E-state index contributed by atoms with van der Waals surface area (Å²) in [6.45, 7) is 1.03. The third-order valence-corrected chi connectivity index (χ3v) is 5.03. The quantitative estimate of drug-likeness (QED) is 0.609. The van der Waals surface area contributed by atoms with Crippen molar-refractivity contribution in [3.05, 3.63) is 41.2 Å². The Bertz CT molecular complexity index is 1130. The molecule has 0 radical (unpaired) electrons. The number of alkyl halides is 3. The number of imide groups is 1. The van der Waals surface area contributed by atoms with Crippen molar-refractivity contribution in [2.45, 2.75) is 38.1 Å². The molecule has 2 aromatic rings. The van der Waals surface area contributed by atoms with Crippen LogP contribution in [0.5, 0.6) is 0 Å². The Balaban J connectivity index is 0.000000406. The average molecular weight is 482 g/mol. The molecule has 2 aliphatic heterocycles. The van der Waals surface area contributed by atoms with Crippen LogP contribution in [0.1, 0.15) is 34.5 Å². The minimum absolute atomic E-state index is 0.182. The van der Waals surface area contributed by atoms with Gasteiger partial charge in [0.25, 0.3) is 5.91 Å². The summed E-state index contributed by atoms with van der Waals surface area (Å²) in [5.41, 5.74) is 3.08. The molecule has 2 aliphatic rings. The Labute approximate surface area is 191 Å². The van der Waals surface area contributed by atoms with E-state index >= 15 is 0 Å². The van der Waals surface area contributed by atoms with Crippen molar-refractivity contribution in [2.24, 2.45) is 0 Å². The lowest BCUT2D eigenvalue weighted by Crippen LogP contribution is -2.52. The number of carboxylic acid groups (broad SMARTS) is 1. The summed E-state index contributed by atoms with van der Waals surface area (Å²) in [5, 5.41) is 17.7. The van der Waals surface area contributed by atoms with Crippen LogP contribution in [0.25, 0.3) is 5.69 Å². The van der Waals surface area contributed by atoms with E-state index in [2.05, 4.69) is 15.6 Å². The fourth-order valence-corrected chi connectivity index (χ4v) is 3.52. The number of nitrogens with one attached hydrogen (secondary N) is 1. The van der Waals surface area contributed by atoms with Gasteiger partial charge in [0.2, 0.25) is 11.8 Å². The number of nitrogens with zero attached hydrogens (tertiary/aromatic N) is 5. The number of carbonyl (C=O) groups is 4. The zero-order valence-corrected chi connectivity index (χ0v) is 18.2. The van der Waals surface area contributed by atoms with Crippen LogP contribution in [0.4, 0.5) is 13.2 Å². The Morgan fingerprint density at radius 3 is 2.53 bits per heavy atom. The van der Waals surface area contributed by atoms with Crippen molar-refractivity contribution in [2.75, 3.05) is 14.1 Å². The van der Waals surface area contributed by atoms with Crippen molar-refractivity contribution in [1.29, 1.82) is 0 Å². The molecule has 1 aromatic carbocycles. The lowest BCUT2D eigenvalue weighted by molar-refractivity contribution is -0.192. The summed E-state index contributed by atoms with van der Waals surface area (Å²) in [6, 6.07) is 4.86. The number of rotatable bonds is 4. The molecular formula is C20H21F3N6O5. The van der Waals surface area contributed by atoms with E-state index in [-0.39, 0.29) is 18.2 Å². The summed E-state index contributed by atoms with van der Waals surface area (Å²) in [5.74, 6) is -3.63. The predicted octanol–water partition coefficient (Wildman–Crippen LogP) is 0.723. The first-order valence-corrected chi connectivity index (χ1v) is 10.0. The van der Waals surface area contributed by atoms with Gasteiger partial charge in [-0.25, -0.2) is 9.48 Å². The molecule has 0 spiro atoms. The SMILES string of the molecule is CN(C)Cc1cn(-c2ccc3c(c2)CN(C2CCC(=O)NC2=O)C3=O)nn1.O=C(O)C(F)(F)F. The molecule has 1 unspecified atom stereocenters. The standard InChI is InChI=1S/C18H20N6O3.C2HF3O2/c1-22(2)9-12-10-24(21-20-12)13-3-4-14-11(7-13)8-23(18(14)27)15-5-6-16(25)19-17(15)26;3-2(4,5)1(6)7/h3-4,7,10,15H,5-6,8-9H2,1-2H3,(H,19,25,26);(H,6,7). The number of hydrogen-bond donors (Lipinski definition) is 2. The molecule has 3 heterocycles. The number of carbonyl (C=O) groups excluding carboxylic acids is 3. The van der Waals surface area contributed by atoms with Crippen LogP contribution in [0, 0.1) is 0 Å². The molecule has 0 bridgehead atoms. The maximum atomic E-state index is 12.7. The maximum Gasteiger partial charge on any atom is 0.490 e. The number of hydrogen-bond acceptors (Lipinski definition) is 7. The Morgan fingerprint density at radius 2 is 1.94 bits per heavy atom. The summed E-state index contributed by atoms with van der Waals surface area (Å²) in [4.78, 5) is 48.6. The van der Waals surface area contributed by atoms with Gasteiger partial charge in [-0.3, -0.25) is 19.7 Å². The number of aromatic nitrogens is 3. The molecule has 182 valence electrons. The smallest absolute Gasteiger partial charge is 0.475 e. The lowest BCUT2D eigenvalue weighted by atomic mass is 10.0. The Hall–Kier alpha value is -3.81. The van der Waals surface area contributed by atoms with E-state index in [1.54, 1.807) is 10.7 Å². The third kappa shape index (κ3) is 5.57. The van der Waals surface area contributed by atoms with Crippen LogP contribution < -0.4 is 5.32 Å². The second-order valence-corrected chi connectivity index (χ2v) is 7.94. The molecule has 11 nitrogen and oxygen atoms in total. The third-order valence-electron chi connectivity index (χ3n) is 5.03. The van der Waals surface area contributed by atoms with Crippen LogP contribution >= 0.6 is 0 Å². The predicted molar refractivity (Wildman–Crippen MR) is 108 cm³/mol. The van der Waals surface area contributed by atoms with E-state index in [1.807, 2.05) is 37.3 Å². The number of piperidine rings is 1. The fraction of sp³-hybridized carbons (Fsp3) is 0.400. The number of carboxylic acids is 1.